The van der Waals surface area contributed by atoms with E-state index in [9.17, 15) is 8.42 Å². The van der Waals surface area contributed by atoms with Gasteiger partial charge in [-0.3, -0.25) is 8.74 Å². The zero-order valence-corrected chi connectivity index (χ0v) is 11.7. The maximum absolute atomic E-state index is 9.33. The van der Waals surface area contributed by atoms with Crippen LogP contribution in [0.1, 0.15) is 0 Å². The van der Waals surface area contributed by atoms with Crippen molar-refractivity contribution in [2.45, 2.75) is 0 Å². The zero-order valence-electron chi connectivity index (χ0n) is 10.9. The highest BCUT2D eigenvalue weighted by Gasteiger charge is 1.95. The van der Waals surface area contributed by atoms with E-state index in [1.165, 1.54) is 21.5 Å². The van der Waals surface area contributed by atoms with Crippen molar-refractivity contribution >= 4 is 31.9 Å². The predicted molar refractivity (Wildman–Crippen MR) is 80.0 cm³/mol. The molecular weight excluding hydrogens is 276 g/mol. The summed E-state index contributed by atoms with van der Waals surface area (Å²) in [4.78, 5) is 0. The van der Waals surface area contributed by atoms with Crippen LogP contribution in [0.25, 0.3) is 21.5 Å². The first-order chi connectivity index (χ1) is 9.49. The van der Waals surface area contributed by atoms with Crippen LogP contribution in [0, 0.1) is 0 Å². The summed E-state index contributed by atoms with van der Waals surface area (Å²) in [5, 5.41) is 5.25. The van der Waals surface area contributed by atoms with Crippen molar-refractivity contribution in [3.8, 4) is 0 Å². The van der Waals surface area contributed by atoms with Crippen molar-refractivity contribution in [1.82, 2.24) is 0 Å². The number of hydrogen-bond donors (Lipinski definition) is 1. The molecule has 0 saturated carbocycles. The van der Waals surface area contributed by atoms with Gasteiger partial charge in [0, 0.05) is 0 Å². The smallest absolute Gasteiger partial charge is 0.264 e. The Morgan fingerprint density at radius 1 is 0.800 bits per heavy atom. The van der Waals surface area contributed by atoms with Crippen LogP contribution in [0.4, 0.5) is 0 Å². The molecule has 0 unspecified atom stereocenters. The standard InChI is InChI=1S/C14H10.CH4O4S/c1-2-6-12-10-14-8-4-3-7-13(14)9-11(12)5-1;1-5-6(2,3)4/h1-10H;1H3,(H,2,3,4). The first kappa shape index (κ1) is 14.5. The third-order valence-corrected chi connectivity index (χ3v) is 3.25. The molecule has 0 radical (unpaired) electrons. The molecule has 0 fully saturated rings. The molecule has 3 aromatic carbocycles. The van der Waals surface area contributed by atoms with Crippen LogP contribution in [0.5, 0.6) is 0 Å². The van der Waals surface area contributed by atoms with Gasteiger partial charge in [-0.2, -0.15) is 8.42 Å². The number of benzene rings is 3. The molecule has 4 nitrogen and oxygen atoms in total. The summed E-state index contributed by atoms with van der Waals surface area (Å²) in [7, 11) is -3.29. The minimum absolute atomic E-state index is 0.870. The minimum Gasteiger partial charge on any atom is -0.264 e. The SMILES string of the molecule is COS(=O)(=O)O.c1ccc2cc3ccccc3cc2c1. The Morgan fingerprint density at radius 3 is 1.25 bits per heavy atom. The third kappa shape index (κ3) is 3.77. The van der Waals surface area contributed by atoms with Gasteiger partial charge in [0.05, 0.1) is 7.11 Å². The van der Waals surface area contributed by atoms with E-state index in [0.717, 1.165) is 7.11 Å². The molecule has 0 bridgehead atoms. The van der Waals surface area contributed by atoms with Crippen molar-refractivity contribution in [1.29, 1.82) is 0 Å². The first-order valence-electron chi connectivity index (χ1n) is 5.90. The number of hydrogen-bond acceptors (Lipinski definition) is 3. The van der Waals surface area contributed by atoms with E-state index in [-0.39, 0.29) is 0 Å². The van der Waals surface area contributed by atoms with Gasteiger partial charge in [0.2, 0.25) is 0 Å². The van der Waals surface area contributed by atoms with E-state index in [0.29, 0.717) is 0 Å². The Hall–Kier alpha value is -1.95. The molecular formula is C15H14O4S. The molecule has 0 aliphatic carbocycles. The van der Waals surface area contributed by atoms with Crippen LogP contribution in [-0.4, -0.2) is 20.1 Å². The maximum Gasteiger partial charge on any atom is 0.397 e. The van der Waals surface area contributed by atoms with Crippen molar-refractivity contribution in [3.05, 3.63) is 60.7 Å². The molecule has 104 valence electrons. The van der Waals surface area contributed by atoms with Gasteiger partial charge in [0.15, 0.2) is 0 Å². The van der Waals surface area contributed by atoms with Crippen LogP contribution in [0.15, 0.2) is 60.7 Å². The lowest BCUT2D eigenvalue weighted by molar-refractivity contribution is 0.324. The molecule has 0 aliphatic rings. The van der Waals surface area contributed by atoms with E-state index in [4.69, 9.17) is 4.55 Å². The molecule has 5 heteroatoms. The van der Waals surface area contributed by atoms with E-state index in [2.05, 4.69) is 64.8 Å². The van der Waals surface area contributed by atoms with Gasteiger partial charge >= 0.3 is 10.4 Å². The van der Waals surface area contributed by atoms with Crippen LogP contribution < -0.4 is 0 Å². The summed E-state index contributed by atoms with van der Waals surface area (Å²) in [6.45, 7) is 0. The van der Waals surface area contributed by atoms with Gasteiger partial charge in [-0.15, -0.1) is 0 Å². The molecule has 3 rings (SSSR count). The Balaban J connectivity index is 0.000000212. The predicted octanol–water partition coefficient (Wildman–Crippen LogP) is 3.43. The van der Waals surface area contributed by atoms with E-state index >= 15 is 0 Å². The lowest BCUT2D eigenvalue weighted by Crippen LogP contribution is -1.96. The Morgan fingerprint density at radius 2 is 1.05 bits per heavy atom. The second-order valence-electron chi connectivity index (χ2n) is 4.14. The van der Waals surface area contributed by atoms with Gasteiger partial charge < -0.3 is 0 Å². The molecule has 20 heavy (non-hydrogen) atoms. The molecule has 0 heterocycles. The molecule has 0 saturated heterocycles. The van der Waals surface area contributed by atoms with Crippen molar-refractivity contribution in [2.24, 2.45) is 0 Å². The van der Waals surface area contributed by atoms with Gasteiger partial charge in [-0.1, -0.05) is 48.5 Å². The normalized spacial score (nSPS) is 11.1. The monoisotopic (exact) mass is 290 g/mol. The Labute approximate surface area is 117 Å². The summed E-state index contributed by atoms with van der Waals surface area (Å²) >= 11 is 0. The highest BCUT2D eigenvalue weighted by molar-refractivity contribution is 7.80. The van der Waals surface area contributed by atoms with Crippen LogP contribution >= 0.6 is 0 Å². The first-order valence-corrected chi connectivity index (χ1v) is 7.27. The van der Waals surface area contributed by atoms with Crippen LogP contribution in [0.3, 0.4) is 0 Å². The molecule has 0 aliphatic heterocycles. The quantitative estimate of drug-likeness (QED) is 0.551. The summed E-state index contributed by atoms with van der Waals surface area (Å²) < 4.78 is 29.7. The highest BCUT2D eigenvalue weighted by atomic mass is 32.3. The van der Waals surface area contributed by atoms with Gasteiger partial charge in [0.25, 0.3) is 0 Å². The third-order valence-electron chi connectivity index (χ3n) is 2.82. The summed E-state index contributed by atoms with van der Waals surface area (Å²) in [6.07, 6.45) is 0. The molecule has 0 spiro atoms. The summed E-state index contributed by atoms with van der Waals surface area (Å²) in [6, 6.07) is 21.4. The average Bonchev–Trinajstić information content (AvgIpc) is 2.45. The van der Waals surface area contributed by atoms with Crippen LogP contribution in [0.2, 0.25) is 0 Å². The van der Waals surface area contributed by atoms with Crippen molar-refractivity contribution < 1.29 is 17.2 Å². The lowest BCUT2D eigenvalue weighted by Gasteiger charge is -2.00. The summed E-state index contributed by atoms with van der Waals surface area (Å²) in [5.74, 6) is 0. The summed E-state index contributed by atoms with van der Waals surface area (Å²) in [5.41, 5.74) is 0. The zero-order chi connectivity index (χ0) is 14.6. The number of rotatable bonds is 1. The van der Waals surface area contributed by atoms with Crippen LogP contribution in [-0.2, 0) is 14.6 Å². The Kier molecular flexibility index (Phi) is 4.34. The largest absolute Gasteiger partial charge is 0.397 e. The fourth-order valence-electron chi connectivity index (χ4n) is 1.88. The van der Waals surface area contributed by atoms with E-state index < -0.39 is 10.4 Å². The average molecular weight is 290 g/mol. The van der Waals surface area contributed by atoms with Gasteiger partial charge in [-0.25, -0.2) is 0 Å². The fourth-order valence-corrected chi connectivity index (χ4v) is 1.88. The second kappa shape index (κ2) is 6.00. The van der Waals surface area contributed by atoms with E-state index in [1.807, 2.05) is 0 Å². The molecule has 1 N–H and O–H groups in total. The van der Waals surface area contributed by atoms with Gasteiger partial charge in [-0.05, 0) is 33.7 Å². The highest BCUT2D eigenvalue weighted by Crippen LogP contribution is 2.21. The molecule has 3 aromatic rings. The minimum atomic E-state index is -4.16. The number of fused-ring (bicyclic) bond motifs is 2. The fraction of sp³-hybridized carbons (Fsp3) is 0.0667. The molecule has 0 aromatic heterocycles. The van der Waals surface area contributed by atoms with Gasteiger partial charge in [0.1, 0.15) is 0 Å². The van der Waals surface area contributed by atoms with Crippen molar-refractivity contribution in [3.63, 3.8) is 0 Å². The lowest BCUT2D eigenvalue weighted by atomic mass is 10.0. The topological polar surface area (TPSA) is 63.6 Å². The second-order valence-corrected chi connectivity index (χ2v) is 5.33. The molecule has 0 amide bonds. The maximum atomic E-state index is 9.33. The van der Waals surface area contributed by atoms with Crippen molar-refractivity contribution in [2.75, 3.05) is 7.11 Å². The van der Waals surface area contributed by atoms with E-state index in [1.54, 1.807) is 0 Å². The molecule has 0 atom stereocenters. The Bertz CT molecular complexity index is 720.